The second-order valence-electron chi connectivity index (χ2n) is 6.01. The van der Waals surface area contributed by atoms with Crippen molar-refractivity contribution >= 4 is 6.09 Å². The summed E-state index contributed by atoms with van der Waals surface area (Å²) in [7, 11) is 1.62. The molecule has 1 fully saturated rings. The quantitative estimate of drug-likeness (QED) is 0.812. The van der Waals surface area contributed by atoms with E-state index in [1.807, 2.05) is 20.8 Å². The van der Waals surface area contributed by atoms with Gasteiger partial charge in [-0.05, 0) is 40.0 Å². The second kappa shape index (κ2) is 5.89. The zero-order chi connectivity index (χ0) is 13.9. The Balaban J connectivity index is 2.80. The lowest BCUT2D eigenvalue weighted by Gasteiger charge is -2.44. The van der Waals surface area contributed by atoms with E-state index < -0.39 is 11.6 Å². The molecule has 1 aliphatic rings. The lowest BCUT2D eigenvalue weighted by Crippen LogP contribution is -2.54. The van der Waals surface area contributed by atoms with Crippen LogP contribution in [-0.2, 0) is 4.74 Å². The van der Waals surface area contributed by atoms with Crippen LogP contribution in [0.4, 0.5) is 4.79 Å². The minimum absolute atomic E-state index is 0.0322. The first-order chi connectivity index (χ1) is 8.31. The van der Waals surface area contributed by atoms with Gasteiger partial charge in [0, 0.05) is 31.2 Å². The number of carbonyl (C=O) groups is 1. The SMILES string of the molecule is CO[C@@H]1C[C@@H](N(C(=O)O)C(C)(C)C)CC[C@@H]1CO. The molecule has 1 aliphatic carbocycles. The van der Waals surface area contributed by atoms with E-state index in [0.717, 1.165) is 12.8 Å². The fraction of sp³-hybridized carbons (Fsp3) is 0.923. The highest BCUT2D eigenvalue weighted by atomic mass is 16.5. The molecule has 0 aromatic rings. The molecule has 1 saturated carbocycles. The number of aliphatic hydroxyl groups excluding tert-OH is 1. The summed E-state index contributed by atoms with van der Waals surface area (Å²) in [5.74, 6) is 0.127. The van der Waals surface area contributed by atoms with Crippen LogP contribution in [0, 0.1) is 5.92 Å². The molecule has 3 atom stereocenters. The molecular formula is C13H25NO4. The van der Waals surface area contributed by atoms with Crippen LogP contribution in [0.5, 0.6) is 0 Å². The van der Waals surface area contributed by atoms with Crippen molar-refractivity contribution in [2.24, 2.45) is 5.92 Å². The predicted molar refractivity (Wildman–Crippen MR) is 68.6 cm³/mol. The Morgan fingerprint density at radius 3 is 2.39 bits per heavy atom. The smallest absolute Gasteiger partial charge is 0.407 e. The maximum atomic E-state index is 11.4. The van der Waals surface area contributed by atoms with Crippen LogP contribution >= 0.6 is 0 Å². The minimum atomic E-state index is -0.884. The summed E-state index contributed by atoms with van der Waals surface area (Å²) in [6.07, 6.45) is 1.31. The van der Waals surface area contributed by atoms with Crippen molar-refractivity contribution in [1.82, 2.24) is 4.90 Å². The first-order valence-corrected chi connectivity index (χ1v) is 6.47. The van der Waals surface area contributed by atoms with Gasteiger partial charge >= 0.3 is 6.09 Å². The van der Waals surface area contributed by atoms with Crippen molar-refractivity contribution in [3.8, 4) is 0 Å². The third-order valence-corrected chi connectivity index (χ3v) is 3.73. The molecule has 2 N–H and O–H groups in total. The Kier molecular flexibility index (Phi) is 4.99. The predicted octanol–water partition coefficient (Wildman–Crippen LogP) is 1.94. The molecule has 0 radical (unpaired) electrons. The third kappa shape index (κ3) is 3.36. The van der Waals surface area contributed by atoms with E-state index in [0.29, 0.717) is 6.42 Å². The van der Waals surface area contributed by atoms with E-state index in [1.165, 1.54) is 4.90 Å². The van der Waals surface area contributed by atoms with Gasteiger partial charge in [-0.3, -0.25) is 0 Å². The van der Waals surface area contributed by atoms with Gasteiger partial charge < -0.3 is 19.8 Å². The van der Waals surface area contributed by atoms with Crippen LogP contribution in [0.2, 0.25) is 0 Å². The maximum absolute atomic E-state index is 11.4. The van der Waals surface area contributed by atoms with Crippen LogP contribution in [0.15, 0.2) is 0 Å². The van der Waals surface area contributed by atoms with Gasteiger partial charge in [0.15, 0.2) is 0 Å². The number of amides is 1. The summed E-state index contributed by atoms with van der Waals surface area (Å²) in [6, 6.07) is -0.0322. The van der Waals surface area contributed by atoms with Crippen LogP contribution < -0.4 is 0 Å². The number of hydrogen-bond donors (Lipinski definition) is 2. The highest BCUT2D eigenvalue weighted by Gasteiger charge is 2.39. The largest absolute Gasteiger partial charge is 0.465 e. The highest BCUT2D eigenvalue weighted by molar-refractivity contribution is 5.66. The van der Waals surface area contributed by atoms with Gasteiger partial charge in [-0.2, -0.15) is 0 Å². The number of ether oxygens (including phenoxy) is 1. The molecule has 0 aromatic heterocycles. The number of nitrogens with zero attached hydrogens (tertiary/aromatic N) is 1. The molecular weight excluding hydrogens is 234 g/mol. The molecule has 0 bridgehead atoms. The van der Waals surface area contributed by atoms with Gasteiger partial charge in [-0.15, -0.1) is 0 Å². The van der Waals surface area contributed by atoms with Crippen molar-refractivity contribution in [2.75, 3.05) is 13.7 Å². The lowest BCUT2D eigenvalue weighted by atomic mass is 9.82. The first kappa shape index (κ1) is 15.2. The van der Waals surface area contributed by atoms with Gasteiger partial charge in [0.1, 0.15) is 0 Å². The monoisotopic (exact) mass is 259 g/mol. The van der Waals surface area contributed by atoms with E-state index in [-0.39, 0.29) is 24.7 Å². The zero-order valence-corrected chi connectivity index (χ0v) is 11.7. The number of rotatable bonds is 3. The summed E-state index contributed by atoms with van der Waals surface area (Å²) in [5, 5.41) is 18.7. The van der Waals surface area contributed by atoms with Gasteiger partial charge in [-0.25, -0.2) is 4.79 Å². The molecule has 5 heteroatoms. The van der Waals surface area contributed by atoms with Crippen molar-refractivity contribution in [1.29, 1.82) is 0 Å². The number of aliphatic hydroxyl groups is 1. The Bertz CT molecular complexity index is 287. The highest BCUT2D eigenvalue weighted by Crippen LogP contribution is 2.32. The Hall–Kier alpha value is -0.810. The molecule has 0 heterocycles. The number of hydrogen-bond acceptors (Lipinski definition) is 3. The lowest BCUT2D eigenvalue weighted by molar-refractivity contribution is -0.0391. The molecule has 5 nitrogen and oxygen atoms in total. The molecule has 0 saturated heterocycles. The maximum Gasteiger partial charge on any atom is 0.407 e. The average Bonchev–Trinajstić information content (AvgIpc) is 2.26. The van der Waals surface area contributed by atoms with Gasteiger partial charge in [0.05, 0.1) is 6.10 Å². The van der Waals surface area contributed by atoms with E-state index in [1.54, 1.807) is 7.11 Å². The third-order valence-electron chi connectivity index (χ3n) is 3.73. The van der Waals surface area contributed by atoms with Gasteiger partial charge in [0.25, 0.3) is 0 Å². The van der Waals surface area contributed by atoms with Crippen LogP contribution in [-0.4, -0.2) is 52.6 Å². The Labute approximate surface area is 109 Å². The summed E-state index contributed by atoms with van der Waals surface area (Å²) in [5.41, 5.74) is -0.416. The van der Waals surface area contributed by atoms with E-state index in [9.17, 15) is 15.0 Å². The summed E-state index contributed by atoms with van der Waals surface area (Å²) < 4.78 is 5.39. The summed E-state index contributed by atoms with van der Waals surface area (Å²) in [4.78, 5) is 12.9. The second-order valence-corrected chi connectivity index (χ2v) is 6.01. The van der Waals surface area contributed by atoms with E-state index in [2.05, 4.69) is 0 Å². The van der Waals surface area contributed by atoms with Crippen molar-refractivity contribution in [2.45, 2.75) is 57.7 Å². The molecule has 18 heavy (non-hydrogen) atoms. The fourth-order valence-corrected chi connectivity index (χ4v) is 2.89. The fourth-order valence-electron chi connectivity index (χ4n) is 2.89. The van der Waals surface area contributed by atoms with Crippen molar-refractivity contribution in [3.63, 3.8) is 0 Å². The molecule has 1 amide bonds. The molecule has 0 aromatic carbocycles. The topological polar surface area (TPSA) is 70.0 Å². The van der Waals surface area contributed by atoms with Gasteiger partial charge in [0.2, 0.25) is 0 Å². The number of carboxylic acid groups (broad SMARTS) is 1. The molecule has 0 spiro atoms. The normalized spacial score (nSPS) is 29.1. The van der Waals surface area contributed by atoms with E-state index in [4.69, 9.17) is 4.74 Å². The van der Waals surface area contributed by atoms with Crippen molar-refractivity contribution < 1.29 is 19.7 Å². The van der Waals surface area contributed by atoms with Crippen LogP contribution in [0.3, 0.4) is 0 Å². The summed E-state index contributed by atoms with van der Waals surface area (Å²) in [6.45, 7) is 5.82. The zero-order valence-electron chi connectivity index (χ0n) is 11.7. The molecule has 106 valence electrons. The van der Waals surface area contributed by atoms with E-state index >= 15 is 0 Å². The van der Waals surface area contributed by atoms with Crippen molar-refractivity contribution in [3.05, 3.63) is 0 Å². The minimum Gasteiger partial charge on any atom is -0.465 e. The van der Waals surface area contributed by atoms with Crippen LogP contribution in [0.25, 0.3) is 0 Å². The average molecular weight is 259 g/mol. The van der Waals surface area contributed by atoms with Gasteiger partial charge in [-0.1, -0.05) is 0 Å². The molecule has 1 rings (SSSR count). The first-order valence-electron chi connectivity index (χ1n) is 6.47. The standard InChI is InChI=1S/C13H25NO4/c1-13(2,3)14(12(16)17)10-6-5-9(8-15)11(7-10)18-4/h9-11,15H,5-8H2,1-4H3,(H,16,17)/t9-,10+,11-/m1/s1. The summed E-state index contributed by atoms with van der Waals surface area (Å²) >= 11 is 0. The molecule has 0 aliphatic heterocycles. The number of methoxy groups -OCH3 is 1. The molecule has 0 unspecified atom stereocenters. The Morgan fingerprint density at radius 2 is 2.00 bits per heavy atom. The Morgan fingerprint density at radius 1 is 1.39 bits per heavy atom. The van der Waals surface area contributed by atoms with Crippen LogP contribution in [0.1, 0.15) is 40.0 Å².